The summed E-state index contributed by atoms with van der Waals surface area (Å²) in [5.74, 6) is -0.493. The number of hydrogen-bond donors (Lipinski definition) is 0. The predicted molar refractivity (Wildman–Crippen MR) is 91.7 cm³/mol. The standard InChI is InChI=1S/C17H19N5O3/c1-5-13(17(24)25-4)21-9-18-15-14(16(21)23)19-20-22(15)12-7-6-10(2)11(3)8-12/h6-9,13H,5H2,1-4H3/t13-/m0/s1. The zero-order valence-corrected chi connectivity index (χ0v) is 14.6. The molecule has 0 N–H and O–H groups in total. The monoisotopic (exact) mass is 341 g/mol. The molecule has 0 fully saturated rings. The van der Waals surface area contributed by atoms with Gasteiger partial charge in [0.2, 0.25) is 0 Å². The highest BCUT2D eigenvalue weighted by Crippen LogP contribution is 2.17. The van der Waals surface area contributed by atoms with Gasteiger partial charge in [-0.3, -0.25) is 9.36 Å². The molecule has 0 unspecified atom stereocenters. The first-order valence-electron chi connectivity index (χ1n) is 7.96. The Morgan fingerprint density at radius 1 is 1.28 bits per heavy atom. The van der Waals surface area contributed by atoms with Crippen LogP contribution in [0.3, 0.4) is 0 Å². The number of hydrogen-bond acceptors (Lipinski definition) is 6. The summed E-state index contributed by atoms with van der Waals surface area (Å²) in [5.41, 5.74) is 3.08. The van der Waals surface area contributed by atoms with Crippen molar-refractivity contribution >= 4 is 17.1 Å². The molecule has 0 aliphatic rings. The molecule has 0 aliphatic carbocycles. The number of ether oxygens (including phenoxy) is 1. The third kappa shape index (κ3) is 2.79. The topological polar surface area (TPSA) is 91.9 Å². The van der Waals surface area contributed by atoms with E-state index in [4.69, 9.17) is 4.74 Å². The van der Waals surface area contributed by atoms with Crippen LogP contribution in [0.4, 0.5) is 0 Å². The van der Waals surface area contributed by atoms with Crippen molar-refractivity contribution in [2.45, 2.75) is 33.2 Å². The molecule has 2 heterocycles. The number of esters is 1. The zero-order valence-electron chi connectivity index (χ0n) is 14.6. The molecule has 0 radical (unpaired) electrons. The largest absolute Gasteiger partial charge is 0.467 e. The molecule has 3 aromatic rings. The highest BCUT2D eigenvalue weighted by molar-refractivity contribution is 5.75. The Kier molecular flexibility index (Phi) is 4.35. The van der Waals surface area contributed by atoms with E-state index in [1.807, 2.05) is 32.0 Å². The zero-order chi connectivity index (χ0) is 18.1. The van der Waals surface area contributed by atoms with Gasteiger partial charge in [-0.15, -0.1) is 5.10 Å². The fourth-order valence-electron chi connectivity index (χ4n) is 2.69. The fourth-order valence-corrected chi connectivity index (χ4v) is 2.69. The Labute approximate surface area is 144 Å². The number of nitrogens with zero attached hydrogens (tertiary/aromatic N) is 5. The van der Waals surface area contributed by atoms with E-state index in [1.165, 1.54) is 22.7 Å². The van der Waals surface area contributed by atoms with Crippen LogP contribution in [0.5, 0.6) is 0 Å². The SMILES string of the molecule is CC[C@@H](C(=O)OC)n1cnc2c(nnn2-c2ccc(C)c(C)c2)c1=O. The van der Waals surface area contributed by atoms with Gasteiger partial charge in [0, 0.05) is 0 Å². The maximum atomic E-state index is 12.7. The average molecular weight is 341 g/mol. The summed E-state index contributed by atoms with van der Waals surface area (Å²) in [5, 5.41) is 8.04. The van der Waals surface area contributed by atoms with E-state index in [9.17, 15) is 9.59 Å². The van der Waals surface area contributed by atoms with Gasteiger partial charge < -0.3 is 4.74 Å². The molecule has 0 spiro atoms. The quantitative estimate of drug-likeness (QED) is 0.671. The molecule has 0 aliphatic heterocycles. The van der Waals surface area contributed by atoms with Crippen molar-refractivity contribution in [1.29, 1.82) is 0 Å². The lowest BCUT2D eigenvalue weighted by molar-refractivity contribution is -0.144. The average Bonchev–Trinajstić information content (AvgIpc) is 3.04. The molecule has 0 saturated carbocycles. The summed E-state index contributed by atoms with van der Waals surface area (Å²) < 4.78 is 7.52. The van der Waals surface area contributed by atoms with Crippen LogP contribution < -0.4 is 5.56 Å². The lowest BCUT2D eigenvalue weighted by Gasteiger charge is -2.14. The van der Waals surface area contributed by atoms with Crippen molar-refractivity contribution in [3.63, 3.8) is 0 Å². The van der Waals surface area contributed by atoms with Crippen LogP contribution in [-0.2, 0) is 9.53 Å². The van der Waals surface area contributed by atoms with E-state index in [-0.39, 0.29) is 5.52 Å². The van der Waals surface area contributed by atoms with Crippen molar-refractivity contribution in [3.05, 3.63) is 46.0 Å². The molecule has 0 amide bonds. The maximum absolute atomic E-state index is 12.7. The summed E-state index contributed by atoms with van der Waals surface area (Å²) in [4.78, 5) is 28.9. The van der Waals surface area contributed by atoms with Gasteiger partial charge in [0.05, 0.1) is 12.8 Å². The summed E-state index contributed by atoms with van der Waals surface area (Å²) >= 11 is 0. The first-order chi connectivity index (χ1) is 12.0. The summed E-state index contributed by atoms with van der Waals surface area (Å²) in [6, 6.07) is 5.10. The molecule has 3 rings (SSSR count). The van der Waals surface area contributed by atoms with E-state index in [2.05, 4.69) is 15.3 Å². The van der Waals surface area contributed by atoms with Crippen LogP contribution in [0.15, 0.2) is 29.3 Å². The second-order valence-electron chi connectivity index (χ2n) is 5.85. The van der Waals surface area contributed by atoms with Crippen molar-refractivity contribution in [1.82, 2.24) is 24.5 Å². The van der Waals surface area contributed by atoms with Gasteiger partial charge in [-0.05, 0) is 43.5 Å². The number of benzene rings is 1. The van der Waals surface area contributed by atoms with Gasteiger partial charge >= 0.3 is 5.97 Å². The number of methoxy groups -OCH3 is 1. The lowest BCUT2D eigenvalue weighted by Crippen LogP contribution is -2.30. The molecular formula is C17H19N5O3. The van der Waals surface area contributed by atoms with Crippen LogP contribution in [0.1, 0.15) is 30.5 Å². The lowest BCUT2D eigenvalue weighted by atomic mass is 10.1. The van der Waals surface area contributed by atoms with E-state index in [1.54, 1.807) is 6.92 Å². The Morgan fingerprint density at radius 3 is 2.68 bits per heavy atom. The van der Waals surface area contributed by atoms with Gasteiger partial charge in [0.15, 0.2) is 11.2 Å². The third-order valence-corrected chi connectivity index (χ3v) is 4.32. The van der Waals surface area contributed by atoms with Crippen LogP contribution in [0.2, 0.25) is 0 Å². The third-order valence-electron chi connectivity index (χ3n) is 4.32. The number of carbonyl (C=O) groups excluding carboxylic acids is 1. The maximum Gasteiger partial charge on any atom is 0.329 e. The first-order valence-corrected chi connectivity index (χ1v) is 7.96. The van der Waals surface area contributed by atoms with Crippen molar-refractivity contribution in [2.24, 2.45) is 0 Å². The van der Waals surface area contributed by atoms with E-state index < -0.39 is 17.6 Å². The van der Waals surface area contributed by atoms with Crippen LogP contribution in [-0.4, -0.2) is 37.6 Å². The minimum Gasteiger partial charge on any atom is -0.467 e. The molecule has 2 aromatic heterocycles. The fraction of sp³-hybridized carbons (Fsp3) is 0.353. The van der Waals surface area contributed by atoms with Crippen LogP contribution in [0.25, 0.3) is 16.9 Å². The number of aryl methyl sites for hydroxylation is 2. The number of fused-ring (bicyclic) bond motifs is 1. The molecule has 1 atom stereocenters. The first kappa shape index (κ1) is 16.8. The van der Waals surface area contributed by atoms with Crippen LogP contribution in [0, 0.1) is 13.8 Å². The summed E-state index contributed by atoms with van der Waals surface area (Å²) in [7, 11) is 1.29. The smallest absolute Gasteiger partial charge is 0.329 e. The Hall–Kier alpha value is -3.03. The molecule has 8 heteroatoms. The van der Waals surface area contributed by atoms with Gasteiger partial charge in [-0.25, -0.2) is 9.78 Å². The number of aromatic nitrogens is 5. The minimum absolute atomic E-state index is 0.114. The summed E-state index contributed by atoms with van der Waals surface area (Å²) in [6.45, 7) is 5.82. The summed E-state index contributed by atoms with van der Waals surface area (Å²) in [6.07, 6.45) is 1.75. The molecule has 130 valence electrons. The van der Waals surface area contributed by atoms with Crippen LogP contribution >= 0.6 is 0 Å². The molecule has 0 bridgehead atoms. The van der Waals surface area contributed by atoms with Gasteiger partial charge in [0.1, 0.15) is 12.4 Å². The molecule has 1 aromatic carbocycles. The highest BCUT2D eigenvalue weighted by Gasteiger charge is 2.23. The Morgan fingerprint density at radius 2 is 2.04 bits per heavy atom. The Bertz CT molecular complexity index is 1010. The molecular weight excluding hydrogens is 322 g/mol. The van der Waals surface area contributed by atoms with Crippen molar-refractivity contribution in [3.8, 4) is 5.69 Å². The van der Waals surface area contributed by atoms with E-state index in [0.717, 1.165) is 16.8 Å². The van der Waals surface area contributed by atoms with Gasteiger partial charge in [-0.2, -0.15) is 4.68 Å². The second-order valence-corrected chi connectivity index (χ2v) is 5.85. The number of rotatable bonds is 4. The normalized spacial score (nSPS) is 12.3. The van der Waals surface area contributed by atoms with Gasteiger partial charge in [-0.1, -0.05) is 18.2 Å². The Balaban J connectivity index is 2.15. The molecule has 8 nitrogen and oxygen atoms in total. The number of carbonyl (C=O) groups is 1. The van der Waals surface area contributed by atoms with Gasteiger partial charge in [0.25, 0.3) is 5.56 Å². The van der Waals surface area contributed by atoms with E-state index in [0.29, 0.717) is 12.1 Å². The molecule has 25 heavy (non-hydrogen) atoms. The van der Waals surface area contributed by atoms with E-state index >= 15 is 0 Å². The second kappa shape index (κ2) is 6.46. The molecule has 0 saturated heterocycles. The highest BCUT2D eigenvalue weighted by atomic mass is 16.5. The minimum atomic E-state index is -0.735. The van der Waals surface area contributed by atoms with Crippen molar-refractivity contribution in [2.75, 3.05) is 7.11 Å². The predicted octanol–water partition coefficient (Wildman–Crippen LogP) is 1.72. The van der Waals surface area contributed by atoms with Crippen molar-refractivity contribution < 1.29 is 9.53 Å².